The van der Waals surface area contributed by atoms with Gasteiger partial charge in [-0.3, -0.25) is 0 Å². The zero-order valence-electron chi connectivity index (χ0n) is 9.11. The van der Waals surface area contributed by atoms with E-state index < -0.39 is 0 Å². The van der Waals surface area contributed by atoms with Crippen LogP contribution in [0.2, 0.25) is 15.1 Å². The van der Waals surface area contributed by atoms with Crippen LogP contribution in [0, 0.1) is 5.21 Å². The lowest BCUT2D eigenvalue weighted by atomic mass is 10.2. The normalized spacial score (nSPS) is 11.6. The van der Waals surface area contributed by atoms with E-state index in [1.807, 2.05) is 30.3 Å². The Morgan fingerprint density at radius 1 is 0.889 bits per heavy atom. The second-order valence-electron chi connectivity index (χ2n) is 3.58. The summed E-state index contributed by atoms with van der Waals surface area (Å²) in [5.74, 6) is 0. The lowest BCUT2D eigenvalue weighted by molar-refractivity contribution is -0.354. The van der Waals surface area contributed by atoms with E-state index in [9.17, 15) is 5.21 Å². The number of rotatable bonds is 2. The van der Waals surface area contributed by atoms with Crippen LogP contribution in [0.4, 0.5) is 5.69 Å². The van der Waals surface area contributed by atoms with E-state index in [0.717, 1.165) is 5.56 Å². The molecule has 5 heteroatoms. The van der Waals surface area contributed by atoms with Gasteiger partial charge in [0.05, 0.1) is 10.0 Å². The Kier molecular flexibility index (Phi) is 4.12. The van der Waals surface area contributed by atoms with E-state index in [1.165, 1.54) is 18.3 Å². The number of hydrogen-bond donors (Lipinski definition) is 0. The van der Waals surface area contributed by atoms with Crippen LogP contribution < -0.4 is 0 Å². The van der Waals surface area contributed by atoms with Gasteiger partial charge in [-0.15, -0.1) is 0 Å². The van der Waals surface area contributed by atoms with Crippen LogP contribution in [0.15, 0.2) is 42.5 Å². The third-order valence-corrected chi connectivity index (χ3v) is 3.32. The minimum Gasteiger partial charge on any atom is -0.618 e. The van der Waals surface area contributed by atoms with Crippen LogP contribution in [-0.4, -0.2) is 11.0 Å². The molecule has 2 aromatic carbocycles. The lowest BCUT2D eigenvalue weighted by Crippen LogP contribution is -1.99. The maximum Gasteiger partial charge on any atom is 0.236 e. The Labute approximate surface area is 120 Å². The molecule has 0 saturated heterocycles. The lowest BCUT2D eigenvalue weighted by Gasteiger charge is -2.06. The van der Waals surface area contributed by atoms with Crippen LogP contribution in [0.3, 0.4) is 0 Å². The van der Waals surface area contributed by atoms with Crippen LogP contribution >= 0.6 is 34.8 Å². The standard InChI is InChI=1S/C13H8Cl3NO/c14-10-6-12(16)13(7-11(10)15)17(18)8-9-4-2-1-3-5-9/h1-8H. The summed E-state index contributed by atoms with van der Waals surface area (Å²) in [6.07, 6.45) is 1.42. The predicted octanol–water partition coefficient (Wildman–Crippen LogP) is 4.91. The monoisotopic (exact) mass is 299 g/mol. The van der Waals surface area contributed by atoms with Crippen molar-refractivity contribution in [3.8, 4) is 0 Å². The molecule has 0 atom stereocenters. The molecule has 18 heavy (non-hydrogen) atoms. The van der Waals surface area contributed by atoms with Gasteiger partial charge in [-0.2, -0.15) is 4.74 Å². The molecule has 0 fully saturated rings. The maximum atomic E-state index is 12.0. The van der Waals surface area contributed by atoms with Gasteiger partial charge in [-0.05, 0) is 18.2 Å². The first-order valence-corrected chi connectivity index (χ1v) is 6.22. The van der Waals surface area contributed by atoms with Crippen molar-refractivity contribution in [2.45, 2.75) is 0 Å². The molecule has 0 saturated carbocycles. The predicted molar refractivity (Wildman–Crippen MR) is 76.4 cm³/mol. The van der Waals surface area contributed by atoms with E-state index in [-0.39, 0.29) is 10.7 Å². The summed E-state index contributed by atoms with van der Waals surface area (Å²) < 4.78 is 0.667. The van der Waals surface area contributed by atoms with Gasteiger partial charge in [0, 0.05) is 11.6 Å². The van der Waals surface area contributed by atoms with Gasteiger partial charge in [-0.25, -0.2) is 0 Å². The van der Waals surface area contributed by atoms with Gasteiger partial charge < -0.3 is 5.21 Å². The molecule has 0 aliphatic carbocycles. The first-order valence-electron chi connectivity index (χ1n) is 5.09. The largest absolute Gasteiger partial charge is 0.618 e. The molecule has 2 nitrogen and oxygen atoms in total. The van der Waals surface area contributed by atoms with Gasteiger partial charge in [0.1, 0.15) is 5.02 Å². The van der Waals surface area contributed by atoms with Crippen molar-refractivity contribution in [1.29, 1.82) is 0 Å². The average molecular weight is 301 g/mol. The molecule has 0 heterocycles. The number of hydrogen-bond acceptors (Lipinski definition) is 1. The first-order chi connectivity index (χ1) is 8.58. The third-order valence-electron chi connectivity index (χ3n) is 2.29. The smallest absolute Gasteiger partial charge is 0.236 e. The topological polar surface area (TPSA) is 26.1 Å². The fourth-order valence-electron chi connectivity index (χ4n) is 1.42. The van der Waals surface area contributed by atoms with Crippen molar-refractivity contribution in [3.63, 3.8) is 0 Å². The van der Waals surface area contributed by atoms with Crippen LogP contribution in [0.25, 0.3) is 0 Å². The van der Waals surface area contributed by atoms with Crippen molar-refractivity contribution >= 4 is 46.7 Å². The minimum absolute atomic E-state index is 0.256. The Morgan fingerprint density at radius 3 is 2.17 bits per heavy atom. The van der Waals surface area contributed by atoms with Gasteiger partial charge in [0.15, 0.2) is 6.21 Å². The quantitative estimate of drug-likeness (QED) is 0.254. The second-order valence-corrected chi connectivity index (χ2v) is 4.80. The molecular weight excluding hydrogens is 293 g/mol. The summed E-state index contributed by atoms with van der Waals surface area (Å²) >= 11 is 17.6. The van der Waals surface area contributed by atoms with Crippen molar-refractivity contribution in [2.75, 3.05) is 0 Å². The van der Waals surface area contributed by atoms with Gasteiger partial charge >= 0.3 is 0 Å². The highest BCUT2D eigenvalue weighted by molar-refractivity contribution is 6.43. The Bertz CT molecular complexity index is 597. The molecule has 0 spiro atoms. The van der Waals surface area contributed by atoms with E-state index >= 15 is 0 Å². The molecule has 2 aromatic rings. The Hall–Kier alpha value is -1.22. The van der Waals surface area contributed by atoms with Crippen molar-refractivity contribution in [2.24, 2.45) is 0 Å². The number of benzene rings is 2. The molecule has 0 aliphatic heterocycles. The fourth-order valence-corrected chi connectivity index (χ4v) is 2.05. The Morgan fingerprint density at radius 2 is 1.50 bits per heavy atom. The number of halogens is 3. The molecule has 0 N–H and O–H groups in total. The Balaban J connectivity index is 2.43. The van der Waals surface area contributed by atoms with E-state index in [0.29, 0.717) is 14.8 Å². The van der Waals surface area contributed by atoms with E-state index in [4.69, 9.17) is 34.8 Å². The molecule has 0 radical (unpaired) electrons. The highest BCUT2D eigenvalue weighted by Gasteiger charge is 2.12. The van der Waals surface area contributed by atoms with Crippen LogP contribution in [0.5, 0.6) is 0 Å². The molecule has 2 rings (SSSR count). The van der Waals surface area contributed by atoms with E-state index in [2.05, 4.69) is 0 Å². The molecule has 0 bridgehead atoms. The zero-order chi connectivity index (χ0) is 13.1. The highest BCUT2D eigenvalue weighted by Crippen LogP contribution is 2.33. The summed E-state index contributed by atoms with van der Waals surface area (Å²) in [6, 6.07) is 12.1. The molecule has 0 aromatic heterocycles. The summed E-state index contributed by atoms with van der Waals surface area (Å²) in [5, 5.41) is 12.8. The van der Waals surface area contributed by atoms with Gasteiger partial charge in [0.25, 0.3) is 0 Å². The summed E-state index contributed by atoms with van der Waals surface area (Å²) in [4.78, 5) is 0. The van der Waals surface area contributed by atoms with E-state index in [1.54, 1.807) is 0 Å². The van der Waals surface area contributed by atoms with Crippen molar-refractivity contribution < 1.29 is 4.74 Å². The third kappa shape index (κ3) is 2.96. The second kappa shape index (κ2) is 5.61. The van der Waals surface area contributed by atoms with Crippen molar-refractivity contribution in [3.05, 3.63) is 68.3 Å². The van der Waals surface area contributed by atoms with Crippen LogP contribution in [-0.2, 0) is 0 Å². The summed E-state index contributed by atoms with van der Waals surface area (Å²) in [6.45, 7) is 0. The summed E-state index contributed by atoms with van der Waals surface area (Å²) in [7, 11) is 0. The molecular formula is C13H8Cl3NO. The average Bonchev–Trinajstić information content (AvgIpc) is 2.35. The molecule has 0 amide bonds. The number of nitrogens with zero attached hydrogens (tertiary/aromatic N) is 1. The molecule has 92 valence electrons. The van der Waals surface area contributed by atoms with Crippen LogP contribution in [0.1, 0.15) is 5.56 Å². The maximum absolute atomic E-state index is 12.0. The first kappa shape index (κ1) is 13.2. The van der Waals surface area contributed by atoms with Gasteiger partial charge in [0.2, 0.25) is 5.69 Å². The minimum atomic E-state index is 0.256. The fraction of sp³-hybridized carbons (Fsp3) is 0. The zero-order valence-corrected chi connectivity index (χ0v) is 11.4. The van der Waals surface area contributed by atoms with Gasteiger partial charge in [-0.1, -0.05) is 53.0 Å². The van der Waals surface area contributed by atoms with Crippen molar-refractivity contribution in [1.82, 2.24) is 0 Å². The SMILES string of the molecule is [O-][N+](=Cc1ccccc1)c1cc(Cl)c(Cl)cc1Cl. The highest BCUT2D eigenvalue weighted by atomic mass is 35.5. The molecule has 0 unspecified atom stereocenters. The summed E-state index contributed by atoms with van der Waals surface area (Å²) in [5.41, 5.74) is 1.03. The molecule has 0 aliphatic rings.